The Bertz CT molecular complexity index is 485. The highest BCUT2D eigenvalue weighted by Gasteiger charge is 2.42. The molecule has 19 heavy (non-hydrogen) atoms. The van der Waals surface area contributed by atoms with Crippen molar-refractivity contribution in [2.45, 2.75) is 17.9 Å². The standard InChI is InChI=1S/C9H4BrF6NO2/c10-2-4-1-5(3-18)17-7(8(11,12)13)6(4)19-9(14,15)16/h1,3H,2H2. The lowest BCUT2D eigenvalue weighted by Crippen LogP contribution is -2.22. The van der Waals surface area contributed by atoms with Gasteiger partial charge in [-0.05, 0) is 6.07 Å². The second kappa shape index (κ2) is 5.35. The van der Waals surface area contributed by atoms with Crippen LogP contribution in [-0.2, 0) is 11.5 Å². The number of aldehydes is 1. The first-order chi connectivity index (χ1) is 8.58. The van der Waals surface area contributed by atoms with Gasteiger partial charge in [0.1, 0.15) is 5.69 Å². The van der Waals surface area contributed by atoms with Crippen LogP contribution in [0.5, 0.6) is 5.75 Å². The van der Waals surface area contributed by atoms with Crippen LogP contribution in [0.3, 0.4) is 0 Å². The smallest absolute Gasteiger partial charge is 0.403 e. The maximum atomic E-state index is 12.6. The van der Waals surface area contributed by atoms with E-state index in [1.807, 2.05) is 0 Å². The van der Waals surface area contributed by atoms with Crippen LogP contribution in [0.1, 0.15) is 21.7 Å². The molecule has 0 amide bonds. The van der Waals surface area contributed by atoms with Gasteiger partial charge in [0, 0.05) is 10.9 Å². The highest BCUT2D eigenvalue weighted by Crippen LogP contribution is 2.40. The van der Waals surface area contributed by atoms with Crippen molar-refractivity contribution in [1.29, 1.82) is 0 Å². The predicted octanol–water partition coefficient (Wildman–Crippen LogP) is 3.71. The molecular weight excluding hydrogens is 348 g/mol. The molecule has 0 aromatic carbocycles. The van der Waals surface area contributed by atoms with Gasteiger partial charge in [-0.3, -0.25) is 4.79 Å². The van der Waals surface area contributed by atoms with E-state index in [0.717, 1.165) is 6.07 Å². The van der Waals surface area contributed by atoms with Gasteiger partial charge < -0.3 is 4.74 Å². The van der Waals surface area contributed by atoms with Crippen LogP contribution >= 0.6 is 15.9 Å². The van der Waals surface area contributed by atoms with Crippen LogP contribution in [0.25, 0.3) is 0 Å². The normalized spacial score (nSPS) is 12.4. The fraction of sp³-hybridized carbons (Fsp3) is 0.333. The summed E-state index contributed by atoms with van der Waals surface area (Å²) in [6.45, 7) is 0. The second-order valence-electron chi connectivity index (χ2n) is 3.18. The highest BCUT2D eigenvalue weighted by molar-refractivity contribution is 9.08. The van der Waals surface area contributed by atoms with Crippen LogP contribution in [0.2, 0.25) is 0 Å². The fourth-order valence-corrected chi connectivity index (χ4v) is 1.61. The van der Waals surface area contributed by atoms with Crippen molar-refractivity contribution in [2.75, 3.05) is 0 Å². The molecule has 1 aromatic rings. The minimum atomic E-state index is -5.30. The molecule has 0 fully saturated rings. The van der Waals surface area contributed by atoms with Crippen LogP contribution in [-0.4, -0.2) is 17.6 Å². The van der Waals surface area contributed by atoms with E-state index in [0.29, 0.717) is 0 Å². The van der Waals surface area contributed by atoms with Crippen LogP contribution in [0, 0.1) is 0 Å². The van der Waals surface area contributed by atoms with Gasteiger partial charge in [-0.15, -0.1) is 13.2 Å². The van der Waals surface area contributed by atoms with Gasteiger partial charge in [-0.2, -0.15) is 13.2 Å². The van der Waals surface area contributed by atoms with Gasteiger partial charge in [0.2, 0.25) is 0 Å². The summed E-state index contributed by atoms with van der Waals surface area (Å²) in [4.78, 5) is 13.3. The Kier molecular flexibility index (Phi) is 4.43. The topological polar surface area (TPSA) is 39.2 Å². The number of alkyl halides is 7. The van der Waals surface area contributed by atoms with Gasteiger partial charge in [0.15, 0.2) is 17.7 Å². The highest BCUT2D eigenvalue weighted by atomic mass is 79.9. The lowest BCUT2D eigenvalue weighted by atomic mass is 10.2. The Hall–Kier alpha value is -1.32. The first-order valence-corrected chi connectivity index (χ1v) is 5.58. The number of halogens is 7. The largest absolute Gasteiger partial charge is 0.573 e. The van der Waals surface area contributed by atoms with Gasteiger partial charge in [0.25, 0.3) is 0 Å². The SMILES string of the molecule is O=Cc1cc(CBr)c(OC(F)(F)F)c(C(F)(F)F)n1. The number of pyridine rings is 1. The van der Waals surface area contributed by atoms with E-state index >= 15 is 0 Å². The molecule has 0 unspecified atom stereocenters. The Morgan fingerprint density at radius 2 is 1.84 bits per heavy atom. The number of aromatic nitrogens is 1. The molecule has 1 heterocycles. The third kappa shape index (κ3) is 4.08. The monoisotopic (exact) mass is 351 g/mol. The van der Waals surface area contributed by atoms with Crippen molar-refractivity contribution in [1.82, 2.24) is 4.98 Å². The summed E-state index contributed by atoms with van der Waals surface area (Å²) in [5.74, 6) is -1.47. The molecule has 1 rings (SSSR count). The Labute approximate surface area is 110 Å². The van der Waals surface area contributed by atoms with E-state index in [-0.39, 0.29) is 11.6 Å². The quantitative estimate of drug-likeness (QED) is 0.473. The molecule has 0 saturated carbocycles. The van der Waals surface area contributed by atoms with Crippen molar-refractivity contribution in [3.63, 3.8) is 0 Å². The summed E-state index contributed by atoms with van der Waals surface area (Å²) < 4.78 is 77.5. The molecule has 0 aliphatic rings. The number of ether oxygens (including phenoxy) is 1. The minimum Gasteiger partial charge on any atom is -0.403 e. The first-order valence-electron chi connectivity index (χ1n) is 4.46. The average molecular weight is 352 g/mol. The van der Waals surface area contributed by atoms with Gasteiger partial charge in [-0.25, -0.2) is 4.98 Å². The zero-order chi connectivity index (χ0) is 14.8. The second-order valence-corrected chi connectivity index (χ2v) is 3.74. The lowest BCUT2D eigenvalue weighted by Gasteiger charge is -2.17. The molecular formula is C9H4BrF6NO2. The van der Waals surface area contributed by atoms with Crippen LogP contribution in [0.15, 0.2) is 6.07 Å². The Morgan fingerprint density at radius 3 is 2.21 bits per heavy atom. The van der Waals surface area contributed by atoms with E-state index in [1.54, 1.807) is 0 Å². The first kappa shape index (κ1) is 15.7. The fourth-order valence-electron chi connectivity index (χ4n) is 1.19. The molecule has 0 atom stereocenters. The van der Waals surface area contributed by atoms with E-state index < -0.39 is 35.2 Å². The summed E-state index contributed by atoms with van der Waals surface area (Å²) in [5.41, 5.74) is -3.03. The molecule has 0 bridgehead atoms. The van der Waals surface area contributed by atoms with Crippen molar-refractivity contribution < 1.29 is 35.9 Å². The summed E-state index contributed by atoms with van der Waals surface area (Å²) in [6.07, 6.45) is -10.5. The van der Waals surface area contributed by atoms with Crippen molar-refractivity contribution in [3.8, 4) is 5.75 Å². The molecule has 0 radical (unpaired) electrons. The number of hydrogen-bond donors (Lipinski definition) is 0. The van der Waals surface area contributed by atoms with Crippen molar-refractivity contribution >= 4 is 22.2 Å². The van der Waals surface area contributed by atoms with E-state index in [9.17, 15) is 31.1 Å². The number of carbonyl (C=O) groups is 1. The van der Waals surface area contributed by atoms with Crippen LogP contribution in [0.4, 0.5) is 26.3 Å². The van der Waals surface area contributed by atoms with Gasteiger partial charge >= 0.3 is 12.5 Å². The number of carbonyl (C=O) groups excluding carboxylic acids is 1. The summed E-state index contributed by atoms with van der Waals surface area (Å²) in [5, 5.41) is -0.370. The average Bonchev–Trinajstić information content (AvgIpc) is 2.25. The third-order valence-electron chi connectivity index (χ3n) is 1.82. The lowest BCUT2D eigenvalue weighted by molar-refractivity contribution is -0.276. The zero-order valence-corrected chi connectivity index (χ0v) is 10.4. The maximum Gasteiger partial charge on any atom is 0.573 e. The van der Waals surface area contributed by atoms with E-state index in [4.69, 9.17) is 0 Å². The third-order valence-corrected chi connectivity index (χ3v) is 2.42. The van der Waals surface area contributed by atoms with Gasteiger partial charge in [0.05, 0.1) is 0 Å². The zero-order valence-electron chi connectivity index (χ0n) is 8.77. The predicted molar refractivity (Wildman–Crippen MR) is 53.9 cm³/mol. The molecule has 0 spiro atoms. The maximum absolute atomic E-state index is 12.6. The molecule has 0 aliphatic heterocycles. The molecule has 10 heteroatoms. The number of nitrogens with zero attached hydrogens (tertiary/aromatic N) is 1. The Balaban J connectivity index is 3.51. The molecule has 0 saturated heterocycles. The number of rotatable bonds is 3. The van der Waals surface area contributed by atoms with E-state index in [1.165, 1.54) is 0 Å². The van der Waals surface area contributed by atoms with Crippen molar-refractivity contribution in [2.24, 2.45) is 0 Å². The molecule has 106 valence electrons. The number of hydrogen-bond acceptors (Lipinski definition) is 3. The summed E-state index contributed by atoms with van der Waals surface area (Å²) >= 11 is 2.72. The summed E-state index contributed by atoms with van der Waals surface area (Å²) in [7, 11) is 0. The molecule has 0 N–H and O–H groups in total. The molecule has 0 aliphatic carbocycles. The summed E-state index contributed by atoms with van der Waals surface area (Å²) in [6, 6.07) is 0.776. The van der Waals surface area contributed by atoms with E-state index in [2.05, 4.69) is 25.7 Å². The molecule has 1 aromatic heterocycles. The van der Waals surface area contributed by atoms with Gasteiger partial charge in [-0.1, -0.05) is 15.9 Å². The minimum absolute atomic E-state index is 0.00122. The van der Waals surface area contributed by atoms with Crippen LogP contribution < -0.4 is 4.74 Å². The molecule has 3 nitrogen and oxygen atoms in total. The van der Waals surface area contributed by atoms with Crippen molar-refractivity contribution in [3.05, 3.63) is 23.0 Å². The Morgan fingerprint density at radius 1 is 1.26 bits per heavy atom.